The van der Waals surface area contributed by atoms with E-state index in [-0.39, 0.29) is 11.3 Å². The molecule has 0 amide bonds. The Hall–Kier alpha value is -4.36. The lowest BCUT2D eigenvalue weighted by molar-refractivity contribution is 0.347. The summed E-state index contributed by atoms with van der Waals surface area (Å²) in [4.78, 5) is 7.83. The molecule has 0 saturated carbocycles. The van der Waals surface area contributed by atoms with E-state index in [4.69, 9.17) is 11.3 Å². The van der Waals surface area contributed by atoms with Crippen LogP contribution in [-0.4, -0.2) is 21.3 Å². The largest absolute Gasteiger partial charge is 0.473 e. The van der Waals surface area contributed by atoms with Gasteiger partial charge in [0.15, 0.2) is 18.2 Å². The van der Waals surface area contributed by atoms with E-state index in [9.17, 15) is 5.26 Å². The summed E-state index contributed by atoms with van der Waals surface area (Å²) in [5.41, 5.74) is 2.44. The molecule has 0 saturated heterocycles. The van der Waals surface area contributed by atoms with Gasteiger partial charge < -0.3 is 10.1 Å². The second-order valence-corrected chi connectivity index (χ2v) is 5.92. The van der Waals surface area contributed by atoms with E-state index in [2.05, 4.69) is 26.8 Å². The van der Waals surface area contributed by atoms with Crippen molar-refractivity contribution in [1.29, 1.82) is 5.26 Å². The highest BCUT2D eigenvalue weighted by atomic mass is 16.5. The van der Waals surface area contributed by atoms with Crippen molar-refractivity contribution < 1.29 is 4.74 Å². The zero-order valence-corrected chi connectivity index (χ0v) is 14.8. The van der Waals surface area contributed by atoms with Crippen LogP contribution < -0.4 is 15.4 Å². The highest BCUT2D eigenvalue weighted by Gasteiger charge is 2.18. The van der Waals surface area contributed by atoms with E-state index < -0.39 is 0 Å². The summed E-state index contributed by atoms with van der Waals surface area (Å²) >= 11 is 0. The molecule has 4 aromatic rings. The third kappa shape index (κ3) is 2.98. The fourth-order valence-corrected chi connectivity index (χ4v) is 2.81. The number of fused-ring (bicyclic) bond motifs is 1. The average molecular weight is 366 g/mol. The van der Waals surface area contributed by atoms with E-state index in [1.165, 1.54) is 4.52 Å². The van der Waals surface area contributed by atoms with E-state index in [0.717, 1.165) is 17.0 Å². The van der Waals surface area contributed by atoms with Gasteiger partial charge in [-0.05, 0) is 36.4 Å². The standard InChI is InChI=1S/C21H14N6O/c1-14-18(12-22)19(23-2)21-25-20(26-27(14)21)15-8-10-16(11-9-15)24-13-28-17-6-4-3-5-7-17/h3-11,24H,1,13H2. The molecule has 7 nitrogen and oxygen atoms in total. The molecule has 4 rings (SSSR count). The highest BCUT2D eigenvalue weighted by molar-refractivity contribution is 5.79. The maximum atomic E-state index is 9.19. The average Bonchev–Trinajstić information content (AvgIpc) is 3.27. The van der Waals surface area contributed by atoms with E-state index >= 15 is 0 Å². The number of aromatic nitrogens is 3. The maximum Gasteiger partial charge on any atom is 0.250 e. The molecule has 0 fully saturated rings. The van der Waals surface area contributed by atoms with Gasteiger partial charge in [-0.3, -0.25) is 0 Å². The van der Waals surface area contributed by atoms with Crippen LogP contribution >= 0.6 is 0 Å². The first-order valence-corrected chi connectivity index (χ1v) is 8.42. The smallest absolute Gasteiger partial charge is 0.250 e. The molecule has 0 unspecified atom stereocenters. The van der Waals surface area contributed by atoms with Crippen LogP contribution in [0.1, 0.15) is 5.56 Å². The van der Waals surface area contributed by atoms with Crippen LogP contribution in [0.15, 0.2) is 54.6 Å². The lowest BCUT2D eigenvalue weighted by Crippen LogP contribution is -2.10. The van der Waals surface area contributed by atoms with E-state index in [0.29, 0.717) is 23.6 Å². The summed E-state index contributed by atoms with van der Waals surface area (Å²) < 4.78 is 7.06. The SMILES string of the molecule is [C-]#[N+]c1c(C#N)c(=C)n2nc(-c3ccc(NCOc4ccccc4)cc3)nc12. The normalized spacial score (nSPS) is 10.4. The van der Waals surface area contributed by atoms with E-state index in [1.807, 2.05) is 60.7 Å². The maximum absolute atomic E-state index is 9.19. The number of ether oxygens (including phenoxy) is 1. The summed E-state index contributed by atoms with van der Waals surface area (Å²) in [5, 5.41) is 17.1. The fourth-order valence-electron chi connectivity index (χ4n) is 2.81. The van der Waals surface area contributed by atoms with Crippen molar-refractivity contribution in [3.63, 3.8) is 0 Å². The zero-order valence-electron chi connectivity index (χ0n) is 14.8. The quantitative estimate of drug-likeness (QED) is 0.433. The van der Waals surface area contributed by atoms with E-state index in [1.54, 1.807) is 0 Å². The Morgan fingerprint density at radius 2 is 1.93 bits per heavy atom. The minimum absolute atomic E-state index is 0.183. The second kappa shape index (κ2) is 7.10. The van der Waals surface area contributed by atoms with Crippen molar-refractivity contribution in [3.05, 3.63) is 76.9 Å². The first-order valence-electron chi connectivity index (χ1n) is 8.42. The number of rotatable bonds is 5. The van der Waals surface area contributed by atoms with Gasteiger partial charge >= 0.3 is 0 Å². The van der Waals surface area contributed by atoms with Gasteiger partial charge in [-0.15, -0.1) is 5.10 Å². The van der Waals surface area contributed by atoms with Crippen LogP contribution in [0.2, 0.25) is 0 Å². The monoisotopic (exact) mass is 366 g/mol. The van der Waals surface area contributed by atoms with Crippen LogP contribution in [0.3, 0.4) is 0 Å². The van der Waals surface area contributed by atoms with Crippen LogP contribution in [-0.2, 0) is 0 Å². The van der Waals surface area contributed by atoms with Crippen LogP contribution in [0.5, 0.6) is 5.75 Å². The van der Waals surface area contributed by atoms with Gasteiger partial charge in [0, 0.05) is 11.3 Å². The number of para-hydroxylation sites is 1. The molecule has 0 spiro atoms. The van der Waals surface area contributed by atoms with Crippen molar-refractivity contribution in [1.82, 2.24) is 14.6 Å². The fraction of sp³-hybridized carbons (Fsp3) is 0.0476. The summed E-state index contributed by atoms with van der Waals surface area (Å²) in [6.07, 6.45) is 0. The van der Waals surface area contributed by atoms with Crippen LogP contribution in [0, 0.1) is 17.9 Å². The number of benzene rings is 2. The highest BCUT2D eigenvalue weighted by Crippen LogP contribution is 2.25. The molecule has 0 radical (unpaired) electrons. The third-order valence-corrected chi connectivity index (χ3v) is 4.23. The Morgan fingerprint density at radius 1 is 1.18 bits per heavy atom. The van der Waals surface area contributed by atoms with Gasteiger partial charge in [-0.25, -0.2) is 14.3 Å². The molecule has 2 aromatic carbocycles. The Labute approximate surface area is 160 Å². The van der Waals surface area contributed by atoms with Gasteiger partial charge in [0.1, 0.15) is 5.75 Å². The molecular weight excluding hydrogens is 352 g/mol. The second-order valence-electron chi connectivity index (χ2n) is 5.92. The molecule has 0 bridgehead atoms. The first kappa shape index (κ1) is 17.1. The summed E-state index contributed by atoms with van der Waals surface area (Å²) in [6.45, 7) is 11.5. The third-order valence-electron chi connectivity index (χ3n) is 4.23. The van der Waals surface area contributed by atoms with Crippen molar-refractivity contribution in [3.8, 4) is 23.2 Å². The number of hydrogen-bond acceptors (Lipinski definition) is 5. The molecule has 2 heterocycles. The van der Waals surface area contributed by atoms with Crippen molar-refractivity contribution in [2.75, 3.05) is 12.0 Å². The molecule has 0 aliphatic rings. The summed E-state index contributed by atoms with van der Waals surface area (Å²) in [5.74, 6) is 1.27. The van der Waals surface area contributed by atoms with Gasteiger partial charge in [-0.1, -0.05) is 24.8 Å². The molecule has 2 aromatic heterocycles. The lowest BCUT2D eigenvalue weighted by atomic mass is 10.2. The zero-order chi connectivity index (χ0) is 19.5. The molecule has 7 heteroatoms. The molecule has 0 aliphatic heterocycles. The molecule has 134 valence electrons. The molecular formula is C21H14N6O. The Kier molecular flexibility index (Phi) is 4.33. The molecule has 1 N–H and O–H groups in total. The lowest BCUT2D eigenvalue weighted by Gasteiger charge is -2.09. The molecule has 28 heavy (non-hydrogen) atoms. The molecule has 0 atom stereocenters. The Balaban J connectivity index is 1.52. The van der Waals surface area contributed by atoms with Gasteiger partial charge in [0.25, 0.3) is 0 Å². The number of nitriles is 1. The minimum Gasteiger partial charge on any atom is -0.473 e. The van der Waals surface area contributed by atoms with Gasteiger partial charge in [-0.2, -0.15) is 5.26 Å². The Bertz CT molecular complexity index is 1260. The summed E-state index contributed by atoms with van der Waals surface area (Å²) in [6, 6.07) is 19.1. The van der Waals surface area contributed by atoms with Crippen LogP contribution in [0.4, 0.5) is 11.4 Å². The predicted octanol–water partition coefficient (Wildman–Crippen LogP) is 3.40. The van der Waals surface area contributed by atoms with Gasteiger partial charge in [0.05, 0.1) is 23.6 Å². The van der Waals surface area contributed by atoms with Crippen molar-refractivity contribution in [2.24, 2.45) is 0 Å². The number of anilines is 1. The van der Waals surface area contributed by atoms with Crippen molar-refractivity contribution >= 4 is 23.6 Å². The number of hydrogen-bond donors (Lipinski definition) is 1. The van der Waals surface area contributed by atoms with Crippen molar-refractivity contribution in [2.45, 2.75) is 0 Å². The Morgan fingerprint density at radius 3 is 2.61 bits per heavy atom. The first-order chi connectivity index (χ1) is 13.7. The topological polar surface area (TPSA) is 79.6 Å². The summed E-state index contributed by atoms with van der Waals surface area (Å²) in [7, 11) is 0. The minimum atomic E-state index is 0.183. The predicted molar refractivity (Wildman–Crippen MR) is 106 cm³/mol. The van der Waals surface area contributed by atoms with Gasteiger partial charge in [0.2, 0.25) is 5.69 Å². The number of nitrogens with zero attached hydrogens (tertiary/aromatic N) is 5. The van der Waals surface area contributed by atoms with Crippen LogP contribution in [0.25, 0.3) is 28.5 Å². The molecule has 0 aliphatic carbocycles. The number of nitrogens with one attached hydrogen (secondary N) is 1.